The van der Waals surface area contributed by atoms with Crippen molar-refractivity contribution in [1.82, 2.24) is 10.2 Å². The van der Waals surface area contributed by atoms with Gasteiger partial charge in [-0.1, -0.05) is 23.2 Å². The van der Waals surface area contributed by atoms with E-state index in [1.807, 2.05) is 4.90 Å². The van der Waals surface area contributed by atoms with Crippen LogP contribution in [0.2, 0.25) is 10.0 Å². The van der Waals surface area contributed by atoms with E-state index in [4.69, 9.17) is 27.9 Å². The molecule has 2 atom stereocenters. The molecule has 1 amide bonds. The molecule has 2 aliphatic rings. The lowest BCUT2D eigenvalue weighted by atomic mass is 9.97. The number of benzene rings is 1. The zero-order valence-electron chi connectivity index (χ0n) is 13.4. The molecule has 1 aromatic rings. The highest BCUT2D eigenvalue weighted by atomic mass is 35.5. The van der Waals surface area contributed by atoms with Crippen molar-refractivity contribution in [1.29, 1.82) is 0 Å². The van der Waals surface area contributed by atoms with Gasteiger partial charge < -0.3 is 20.1 Å². The Bertz CT molecular complexity index is 571. The molecule has 7 heteroatoms. The second kappa shape index (κ2) is 7.91. The van der Waals surface area contributed by atoms with Gasteiger partial charge in [0, 0.05) is 29.7 Å². The molecule has 3 rings (SSSR count). The van der Waals surface area contributed by atoms with E-state index >= 15 is 0 Å². The lowest BCUT2D eigenvalue weighted by molar-refractivity contribution is -0.134. The van der Waals surface area contributed by atoms with Crippen molar-refractivity contribution in [2.45, 2.75) is 31.4 Å². The molecular weight excluding hydrogens is 351 g/mol. The Labute approximate surface area is 151 Å². The molecule has 2 aliphatic heterocycles. The maximum atomic E-state index is 12.4. The lowest BCUT2D eigenvalue weighted by Crippen LogP contribution is -2.47. The molecule has 1 aromatic carbocycles. The van der Waals surface area contributed by atoms with Gasteiger partial charge in [-0.25, -0.2) is 0 Å². The van der Waals surface area contributed by atoms with Crippen LogP contribution >= 0.6 is 23.2 Å². The minimum Gasteiger partial charge on any atom is -0.493 e. The predicted octanol–water partition coefficient (Wildman–Crippen LogP) is 2.33. The van der Waals surface area contributed by atoms with Gasteiger partial charge in [0.15, 0.2) is 0 Å². The molecule has 0 aromatic heterocycles. The number of rotatable bonds is 4. The molecular formula is C17H22Cl2N2O3. The van der Waals surface area contributed by atoms with Gasteiger partial charge in [-0.3, -0.25) is 4.79 Å². The van der Waals surface area contributed by atoms with Crippen molar-refractivity contribution >= 4 is 29.1 Å². The van der Waals surface area contributed by atoms with Gasteiger partial charge in [0.25, 0.3) is 0 Å². The summed E-state index contributed by atoms with van der Waals surface area (Å²) in [5.41, 5.74) is 0. The molecule has 2 saturated heterocycles. The predicted molar refractivity (Wildman–Crippen MR) is 93.7 cm³/mol. The molecule has 2 N–H and O–H groups in total. The number of nitrogens with one attached hydrogen (secondary N) is 1. The van der Waals surface area contributed by atoms with Crippen LogP contribution in [0.4, 0.5) is 0 Å². The van der Waals surface area contributed by atoms with E-state index in [2.05, 4.69) is 5.32 Å². The average Bonchev–Trinajstić information content (AvgIpc) is 2.98. The van der Waals surface area contributed by atoms with E-state index in [0.29, 0.717) is 41.3 Å². The number of carbonyl (C=O) groups is 1. The molecule has 0 radical (unpaired) electrons. The van der Waals surface area contributed by atoms with Crippen LogP contribution in [0.25, 0.3) is 0 Å². The number of carbonyl (C=O) groups excluding carboxylic acids is 1. The van der Waals surface area contributed by atoms with Crippen LogP contribution in [0.3, 0.4) is 0 Å². The first kappa shape index (κ1) is 17.8. The molecule has 2 heterocycles. The SMILES string of the molecule is O=C([C@H]1C[C@@H](O)CN1)N1CCC(COc2cc(Cl)cc(Cl)c2)CC1. The molecule has 5 nitrogen and oxygen atoms in total. The fourth-order valence-corrected chi connectivity index (χ4v) is 3.78. The van der Waals surface area contributed by atoms with Gasteiger partial charge in [0.2, 0.25) is 5.91 Å². The van der Waals surface area contributed by atoms with E-state index in [9.17, 15) is 9.90 Å². The Kier molecular flexibility index (Phi) is 5.87. The van der Waals surface area contributed by atoms with Crippen molar-refractivity contribution in [3.8, 4) is 5.75 Å². The number of amides is 1. The molecule has 132 valence electrons. The number of aliphatic hydroxyl groups is 1. The smallest absolute Gasteiger partial charge is 0.239 e. The summed E-state index contributed by atoms with van der Waals surface area (Å²) in [6, 6.07) is 4.95. The fourth-order valence-electron chi connectivity index (χ4n) is 3.27. The highest BCUT2D eigenvalue weighted by Crippen LogP contribution is 2.26. The highest BCUT2D eigenvalue weighted by Gasteiger charge is 2.33. The van der Waals surface area contributed by atoms with E-state index in [0.717, 1.165) is 25.9 Å². The summed E-state index contributed by atoms with van der Waals surface area (Å²) in [6.45, 7) is 2.57. The van der Waals surface area contributed by atoms with Gasteiger partial charge in [0.05, 0.1) is 18.8 Å². The van der Waals surface area contributed by atoms with Crippen molar-refractivity contribution < 1.29 is 14.6 Å². The van der Waals surface area contributed by atoms with Crippen LogP contribution in [0.1, 0.15) is 19.3 Å². The summed E-state index contributed by atoms with van der Waals surface area (Å²) in [5, 5.41) is 13.7. The molecule has 0 saturated carbocycles. The number of β-amino-alcohol motifs (C(OH)–C–C–N with tert-alkyl or cyclic N) is 1. The fraction of sp³-hybridized carbons (Fsp3) is 0.588. The topological polar surface area (TPSA) is 61.8 Å². The minimum absolute atomic E-state index is 0.104. The Balaban J connectivity index is 1.44. The van der Waals surface area contributed by atoms with E-state index in [-0.39, 0.29) is 11.9 Å². The van der Waals surface area contributed by atoms with Crippen molar-refractivity contribution in [3.63, 3.8) is 0 Å². The standard InChI is InChI=1S/C17H22Cl2N2O3/c18-12-5-13(19)7-15(6-12)24-10-11-1-3-21(4-2-11)17(23)16-8-14(22)9-20-16/h5-7,11,14,16,20,22H,1-4,8-10H2/t14-,16-/m1/s1. The van der Waals surface area contributed by atoms with Gasteiger partial charge >= 0.3 is 0 Å². The first-order valence-electron chi connectivity index (χ1n) is 8.30. The Morgan fingerprint density at radius 1 is 1.25 bits per heavy atom. The number of aliphatic hydroxyl groups excluding tert-OH is 1. The van der Waals surface area contributed by atoms with Crippen LogP contribution in [-0.2, 0) is 4.79 Å². The van der Waals surface area contributed by atoms with Crippen molar-refractivity contribution in [2.24, 2.45) is 5.92 Å². The first-order chi connectivity index (χ1) is 11.5. The Hall–Kier alpha value is -1.01. The monoisotopic (exact) mass is 372 g/mol. The number of hydrogen-bond acceptors (Lipinski definition) is 4. The summed E-state index contributed by atoms with van der Waals surface area (Å²) in [5.74, 6) is 1.19. The number of likely N-dealkylation sites (tertiary alicyclic amines) is 1. The zero-order chi connectivity index (χ0) is 17.1. The summed E-state index contributed by atoms with van der Waals surface area (Å²) >= 11 is 11.9. The molecule has 0 bridgehead atoms. The summed E-state index contributed by atoms with van der Waals surface area (Å²) in [4.78, 5) is 14.3. The molecule has 0 unspecified atom stereocenters. The third-order valence-corrected chi connectivity index (χ3v) is 5.09. The molecule has 0 spiro atoms. The van der Waals surface area contributed by atoms with Crippen LogP contribution in [0.5, 0.6) is 5.75 Å². The Morgan fingerprint density at radius 3 is 2.50 bits per heavy atom. The van der Waals surface area contributed by atoms with Crippen molar-refractivity contribution in [3.05, 3.63) is 28.2 Å². The summed E-state index contributed by atoms with van der Waals surface area (Å²) in [6.07, 6.45) is 1.93. The van der Waals surface area contributed by atoms with E-state index < -0.39 is 6.10 Å². The number of ether oxygens (including phenoxy) is 1. The Morgan fingerprint density at radius 2 is 1.92 bits per heavy atom. The van der Waals surface area contributed by atoms with E-state index in [1.165, 1.54) is 0 Å². The van der Waals surface area contributed by atoms with Gasteiger partial charge in [-0.2, -0.15) is 0 Å². The summed E-state index contributed by atoms with van der Waals surface area (Å²) in [7, 11) is 0. The maximum absolute atomic E-state index is 12.4. The third-order valence-electron chi connectivity index (χ3n) is 4.65. The first-order valence-corrected chi connectivity index (χ1v) is 9.06. The van der Waals surface area contributed by atoms with Crippen LogP contribution < -0.4 is 10.1 Å². The molecule has 2 fully saturated rings. The number of halogens is 2. The number of piperidine rings is 1. The van der Waals surface area contributed by atoms with Gasteiger partial charge in [0.1, 0.15) is 5.75 Å². The quantitative estimate of drug-likeness (QED) is 0.851. The second-order valence-electron chi connectivity index (χ2n) is 6.54. The number of nitrogens with zero attached hydrogens (tertiary/aromatic N) is 1. The summed E-state index contributed by atoms with van der Waals surface area (Å²) < 4.78 is 5.80. The lowest BCUT2D eigenvalue weighted by Gasteiger charge is -2.33. The average molecular weight is 373 g/mol. The van der Waals surface area contributed by atoms with Crippen molar-refractivity contribution in [2.75, 3.05) is 26.2 Å². The normalized spacial score (nSPS) is 25.0. The van der Waals surface area contributed by atoms with Gasteiger partial charge in [-0.05, 0) is 43.4 Å². The third kappa shape index (κ3) is 4.54. The van der Waals surface area contributed by atoms with Crippen LogP contribution in [0, 0.1) is 5.92 Å². The largest absolute Gasteiger partial charge is 0.493 e. The van der Waals surface area contributed by atoms with Gasteiger partial charge in [-0.15, -0.1) is 0 Å². The number of hydrogen-bond donors (Lipinski definition) is 2. The van der Waals surface area contributed by atoms with Crippen LogP contribution in [0.15, 0.2) is 18.2 Å². The minimum atomic E-state index is -0.408. The highest BCUT2D eigenvalue weighted by molar-refractivity contribution is 6.34. The van der Waals surface area contributed by atoms with E-state index in [1.54, 1.807) is 18.2 Å². The molecule has 24 heavy (non-hydrogen) atoms. The maximum Gasteiger partial charge on any atom is 0.239 e. The van der Waals surface area contributed by atoms with Crippen LogP contribution in [-0.4, -0.2) is 54.3 Å². The molecule has 0 aliphatic carbocycles. The zero-order valence-corrected chi connectivity index (χ0v) is 14.9. The second-order valence-corrected chi connectivity index (χ2v) is 7.41.